The molecular weight excluding hydrogens is 448 g/mol. The predicted octanol–water partition coefficient (Wildman–Crippen LogP) is 3.53. The molecule has 0 atom stereocenters. The Balaban J connectivity index is 1.51. The normalized spacial score (nSPS) is 14.8. The Labute approximate surface area is 193 Å². The molecule has 1 saturated heterocycles. The maximum absolute atomic E-state index is 12.8. The van der Waals surface area contributed by atoms with Gasteiger partial charge in [-0.15, -0.1) is 16.4 Å². The number of nitrogens with zero attached hydrogens (tertiary/aromatic N) is 3. The lowest BCUT2D eigenvalue weighted by atomic mass is 10.1. The number of aromatic carboxylic acids is 1. The fraction of sp³-hybridized carbons (Fsp3) is 0.364. The Bertz CT molecular complexity index is 1180. The summed E-state index contributed by atoms with van der Waals surface area (Å²) in [5.74, 6) is -0.805. The van der Waals surface area contributed by atoms with Crippen molar-refractivity contribution in [2.75, 3.05) is 32.1 Å². The third kappa shape index (κ3) is 4.99. The van der Waals surface area contributed by atoms with Gasteiger partial charge < -0.3 is 24.8 Å². The van der Waals surface area contributed by atoms with E-state index in [9.17, 15) is 19.5 Å². The van der Waals surface area contributed by atoms with Crippen LogP contribution in [0.4, 0.5) is 10.6 Å². The standard InChI is InChI=1S/C22H24N4O6S/c1-3-31-22(30)26-20-16(12-17(33-20)21(28)29)18(24-26)23-19(27)13-4-6-14(7-5-13)32-15-8-10-25(2)11-9-15/h4-7,12,15H,3,8-11H2,1-2H3,(H,28,29)(H,23,24,27). The largest absolute Gasteiger partial charge is 0.490 e. The van der Waals surface area contributed by atoms with Crippen LogP contribution in [0.25, 0.3) is 10.2 Å². The number of carbonyl (C=O) groups is 3. The van der Waals surface area contributed by atoms with Gasteiger partial charge in [0.2, 0.25) is 0 Å². The van der Waals surface area contributed by atoms with Crippen LogP contribution in [0.1, 0.15) is 39.8 Å². The number of carboxylic acids is 1. The van der Waals surface area contributed by atoms with Crippen molar-refractivity contribution >= 4 is 45.3 Å². The van der Waals surface area contributed by atoms with Crippen LogP contribution in [0.15, 0.2) is 30.3 Å². The Morgan fingerprint density at radius 2 is 1.91 bits per heavy atom. The third-order valence-electron chi connectivity index (χ3n) is 5.33. The highest BCUT2D eigenvalue weighted by atomic mass is 32.1. The number of nitrogens with one attached hydrogen (secondary N) is 1. The third-order valence-corrected chi connectivity index (χ3v) is 6.43. The summed E-state index contributed by atoms with van der Waals surface area (Å²) in [6, 6.07) is 8.16. The first-order valence-corrected chi connectivity index (χ1v) is 11.4. The van der Waals surface area contributed by atoms with Gasteiger partial charge in [-0.25, -0.2) is 9.59 Å². The average Bonchev–Trinajstić information content (AvgIpc) is 3.37. The van der Waals surface area contributed by atoms with E-state index in [4.69, 9.17) is 9.47 Å². The molecule has 1 aromatic carbocycles. The highest BCUT2D eigenvalue weighted by Gasteiger charge is 2.23. The Morgan fingerprint density at radius 3 is 2.55 bits per heavy atom. The number of thiophene rings is 1. The number of anilines is 1. The van der Waals surface area contributed by atoms with Gasteiger partial charge >= 0.3 is 12.1 Å². The molecule has 0 unspecified atom stereocenters. The van der Waals surface area contributed by atoms with Crippen molar-refractivity contribution in [3.8, 4) is 5.75 Å². The Kier molecular flexibility index (Phi) is 6.61. The fourth-order valence-corrected chi connectivity index (χ4v) is 4.51. The molecule has 0 aliphatic carbocycles. The lowest BCUT2D eigenvalue weighted by molar-refractivity contribution is 0.0702. The number of fused-ring (bicyclic) bond motifs is 1. The summed E-state index contributed by atoms with van der Waals surface area (Å²) in [7, 11) is 2.09. The molecule has 3 aromatic rings. The van der Waals surface area contributed by atoms with Crippen molar-refractivity contribution in [1.82, 2.24) is 14.7 Å². The van der Waals surface area contributed by atoms with Crippen molar-refractivity contribution < 1.29 is 29.0 Å². The molecule has 0 radical (unpaired) electrons. The van der Waals surface area contributed by atoms with Crippen molar-refractivity contribution in [3.05, 3.63) is 40.8 Å². The molecule has 0 spiro atoms. The van der Waals surface area contributed by atoms with Gasteiger partial charge in [-0.1, -0.05) is 0 Å². The van der Waals surface area contributed by atoms with Gasteiger partial charge in [0.15, 0.2) is 5.82 Å². The van der Waals surface area contributed by atoms with Crippen LogP contribution in [0.2, 0.25) is 0 Å². The molecule has 0 bridgehead atoms. The minimum absolute atomic E-state index is 0.0198. The molecule has 1 aliphatic rings. The van der Waals surface area contributed by atoms with E-state index in [0.717, 1.165) is 41.9 Å². The lowest BCUT2D eigenvalue weighted by Crippen LogP contribution is -2.35. The van der Waals surface area contributed by atoms with Crippen LogP contribution in [-0.4, -0.2) is 70.6 Å². The number of hydrogen-bond acceptors (Lipinski definition) is 8. The second-order valence-corrected chi connectivity index (χ2v) is 8.72. The van der Waals surface area contributed by atoms with Crippen molar-refractivity contribution in [1.29, 1.82) is 0 Å². The van der Waals surface area contributed by atoms with Gasteiger partial charge in [0, 0.05) is 18.7 Å². The molecular formula is C22H24N4O6S. The van der Waals surface area contributed by atoms with Crippen LogP contribution < -0.4 is 10.1 Å². The van der Waals surface area contributed by atoms with Gasteiger partial charge in [0.25, 0.3) is 5.91 Å². The molecule has 2 aromatic heterocycles. The first kappa shape index (κ1) is 22.7. The number of carboxylic acid groups (broad SMARTS) is 1. The topological polar surface area (TPSA) is 123 Å². The average molecular weight is 473 g/mol. The zero-order chi connectivity index (χ0) is 23.5. The van der Waals surface area contributed by atoms with Crippen molar-refractivity contribution in [2.24, 2.45) is 0 Å². The van der Waals surface area contributed by atoms with Gasteiger partial charge in [-0.3, -0.25) is 4.79 Å². The molecule has 1 fully saturated rings. The first-order valence-electron chi connectivity index (χ1n) is 10.5. The van der Waals surface area contributed by atoms with E-state index in [1.807, 2.05) is 0 Å². The van der Waals surface area contributed by atoms with Crippen LogP contribution in [0.5, 0.6) is 5.75 Å². The molecule has 2 N–H and O–H groups in total. The van der Waals surface area contributed by atoms with E-state index in [1.54, 1.807) is 31.2 Å². The number of aromatic nitrogens is 2. The number of rotatable bonds is 6. The molecule has 174 valence electrons. The molecule has 1 amide bonds. The minimum atomic E-state index is -1.14. The number of likely N-dealkylation sites (tertiary alicyclic amines) is 1. The SMILES string of the molecule is CCOC(=O)n1nc(NC(=O)c2ccc(OC3CCN(C)CC3)cc2)c2cc(C(=O)O)sc21. The first-order chi connectivity index (χ1) is 15.9. The van der Waals surface area contributed by atoms with Crippen LogP contribution in [0.3, 0.4) is 0 Å². The monoisotopic (exact) mass is 472 g/mol. The molecule has 11 heteroatoms. The van der Waals surface area contributed by atoms with E-state index in [0.29, 0.717) is 16.7 Å². The maximum Gasteiger partial charge on any atom is 0.436 e. The summed E-state index contributed by atoms with van der Waals surface area (Å²) in [6.45, 7) is 3.76. The second kappa shape index (κ2) is 9.59. The van der Waals surface area contributed by atoms with Crippen LogP contribution in [-0.2, 0) is 4.74 Å². The van der Waals surface area contributed by atoms with Gasteiger partial charge in [0.1, 0.15) is 21.6 Å². The van der Waals surface area contributed by atoms with E-state index >= 15 is 0 Å². The summed E-state index contributed by atoms with van der Waals surface area (Å²) >= 11 is 0.878. The molecule has 3 heterocycles. The quantitative estimate of drug-likeness (QED) is 0.559. The predicted molar refractivity (Wildman–Crippen MR) is 123 cm³/mol. The van der Waals surface area contributed by atoms with Crippen molar-refractivity contribution in [3.63, 3.8) is 0 Å². The lowest BCUT2D eigenvalue weighted by Gasteiger charge is -2.29. The minimum Gasteiger partial charge on any atom is -0.490 e. The van der Waals surface area contributed by atoms with E-state index < -0.39 is 18.0 Å². The molecule has 10 nitrogen and oxygen atoms in total. The van der Waals surface area contributed by atoms with E-state index in [1.165, 1.54) is 6.07 Å². The highest BCUT2D eigenvalue weighted by Crippen LogP contribution is 2.32. The summed E-state index contributed by atoms with van der Waals surface area (Å²) in [6.07, 6.45) is 1.31. The highest BCUT2D eigenvalue weighted by molar-refractivity contribution is 7.20. The molecule has 4 rings (SSSR count). The summed E-state index contributed by atoms with van der Waals surface area (Å²) in [5, 5.41) is 16.5. The number of ether oxygens (including phenoxy) is 2. The van der Waals surface area contributed by atoms with Gasteiger partial charge in [-0.05, 0) is 57.1 Å². The summed E-state index contributed by atoms with van der Waals surface area (Å²) < 4.78 is 12.0. The smallest absolute Gasteiger partial charge is 0.436 e. The summed E-state index contributed by atoms with van der Waals surface area (Å²) in [4.78, 5) is 39.0. The summed E-state index contributed by atoms with van der Waals surface area (Å²) in [5.41, 5.74) is 0.373. The van der Waals surface area contributed by atoms with Crippen LogP contribution >= 0.6 is 11.3 Å². The maximum atomic E-state index is 12.8. The van der Waals surface area contributed by atoms with E-state index in [2.05, 4.69) is 22.4 Å². The number of piperidine rings is 1. The molecule has 33 heavy (non-hydrogen) atoms. The molecule has 0 saturated carbocycles. The van der Waals surface area contributed by atoms with Crippen molar-refractivity contribution in [2.45, 2.75) is 25.9 Å². The van der Waals surface area contributed by atoms with E-state index in [-0.39, 0.29) is 28.2 Å². The number of carbonyl (C=O) groups excluding carboxylic acids is 2. The second-order valence-electron chi connectivity index (χ2n) is 7.69. The van der Waals surface area contributed by atoms with Crippen LogP contribution in [0, 0.1) is 0 Å². The number of amides is 1. The Morgan fingerprint density at radius 1 is 1.21 bits per heavy atom. The zero-order valence-electron chi connectivity index (χ0n) is 18.2. The Hall–Kier alpha value is -3.44. The van der Waals surface area contributed by atoms with Gasteiger partial charge in [-0.2, -0.15) is 4.68 Å². The molecule has 1 aliphatic heterocycles. The van der Waals surface area contributed by atoms with Gasteiger partial charge in [0.05, 0.1) is 12.0 Å². The number of benzene rings is 1. The number of hydrogen-bond donors (Lipinski definition) is 2. The fourth-order valence-electron chi connectivity index (χ4n) is 3.57. The zero-order valence-corrected chi connectivity index (χ0v) is 19.1.